The molecule has 1 atom stereocenters. The van der Waals surface area contributed by atoms with E-state index in [-0.39, 0.29) is 17.9 Å². The highest BCUT2D eigenvalue weighted by molar-refractivity contribution is 5.90. The van der Waals surface area contributed by atoms with E-state index in [0.29, 0.717) is 25.8 Å². The first-order valence-electron chi connectivity index (χ1n) is 7.31. The molecule has 1 fully saturated rings. The maximum atomic E-state index is 12.1. The molecule has 0 radical (unpaired) electrons. The van der Waals surface area contributed by atoms with Crippen molar-refractivity contribution in [3.8, 4) is 11.5 Å². The van der Waals surface area contributed by atoms with E-state index in [9.17, 15) is 9.59 Å². The molecule has 120 valence electrons. The first-order chi connectivity index (χ1) is 10.6. The molecule has 1 aromatic rings. The molecule has 1 aliphatic rings. The van der Waals surface area contributed by atoms with Crippen LogP contribution in [0, 0.1) is 0 Å². The minimum Gasteiger partial charge on any atom is -0.497 e. The summed E-state index contributed by atoms with van der Waals surface area (Å²) < 4.78 is 10.5. The lowest BCUT2D eigenvalue weighted by atomic mass is 10.1. The lowest BCUT2D eigenvalue weighted by Crippen LogP contribution is -2.43. The van der Waals surface area contributed by atoms with Gasteiger partial charge in [-0.25, -0.2) is 0 Å². The zero-order chi connectivity index (χ0) is 16.1. The van der Waals surface area contributed by atoms with Gasteiger partial charge in [-0.1, -0.05) is 0 Å². The lowest BCUT2D eigenvalue weighted by molar-refractivity contribution is -0.133. The van der Waals surface area contributed by atoms with Gasteiger partial charge in [-0.3, -0.25) is 9.59 Å². The Balaban J connectivity index is 1.91. The van der Waals surface area contributed by atoms with Gasteiger partial charge in [0.15, 0.2) is 0 Å². The highest BCUT2D eigenvalue weighted by Crippen LogP contribution is 2.24. The van der Waals surface area contributed by atoms with Crippen molar-refractivity contribution in [3.05, 3.63) is 23.8 Å². The van der Waals surface area contributed by atoms with Crippen LogP contribution in [0.4, 0.5) is 0 Å². The van der Waals surface area contributed by atoms with E-state index in [0.717, 1.165) is 17.1 Å². The summed E-state index contributed by atoms with van der Waals surface area (Å²) in [6.45, 7) is 0.487. The Morgan fingerprint density at radius 2 is 2.14 bits per heavy atom. The van der Waals surface area contributed by atoms with Gasteiger partial charge >= 0.3 is 0 Å². The Morgan fingerprint density at radius 3 is 2.73 bits per heavy atom. The summed E-state index contributed by atoms with van der Waals surface area (Å²) in [7, 11) is 4.90. The van der Waals surface area contributed by atoms with E-state index in [4.69, 9.17) is 9.47 Å². The SMILES string of the molecule is COc1ccc(OC)c(CCNC(=O)C2CCC(=O)N2C)c1. The van der Waals surface area contributed by atoms with Crippen LogP contribution in [0.3, 0.4) is 0 Å². The highest BCUT2D eigenvalue weighted by atomic mass is 16.5. The predicted octanol–water partition coefficient (Wildman–Crippen LogP) is 0.983. The number of amides is 2. The Labute approximate surface area is 130 Å². The number of carbonyl (C=O) groups excluding carboxylic acids is 2. The Hall–Kier alpha value is -2.24. The molecule has 2 amide bonds. The third-order valence-electron chi connectivity index (χ3n) is 3.98. The maximum absolute atomic E-state index is 12.1. The van der Waals surface area contributed by atoms with Crippen molar-refractivity contribution >= 4 is 11.8 Å². The number of carbonyl (C=O) groups is 2. The molecular weight excluding hydrogens is 284 g/mol. The number of benzene rings is 1. The molecule has 1 aromatic carbocycles. The molecule has 6 nitrogen and oxygen atoms in total. The lowest BCUT2D eigenvalue weighted by Gasteiger charge is -2.19. The van der Waals surface area contributed by atoms with E-state index in [1.807, 2.05) is 18.2 Å². The number of nitrogens with one attached hydrogen (secondary N) is 1. The van der Waals surface area contributed by atoms with Crippen molar-refractivity contribution in [3.63, 3.8) is 0 Å². The Morgan fingerprint density at radius 1 is 1.36 bits per heavy atom. The van der Waals surface area contributed by atoms with Crippen molar-refractivity contribution in [1.82, 2.24) is 10.2 Å². The monoisotopic (exact) mass is 306 g/mol. The molecule has 0 bridgehead atoms. The van der Waals surface area contributed by atoms with Gasteiger partial charge in [0.05, 0.1) is 14.2 Å². The van der Waals surface area contributed by atoms with E-state index in [1.165, 1.54) is 4.90 Å². The number of methoxy groups -OCH3 is 2. The first-order valence-corrected chi connectivity index (χ1v) is 7.31. The molecule has 1 aliphatic heterocycles. The topological polar surface area (TPSA) is 67.9 Å². The number of nitrogens with zero attached hydrogens (tertiary/aromatic N) is 1. The van der Waals surface area contributed by atoms with Gasteiger partial charge < -0.3 is 19.7 Å². The summed E-state index contributed by atoms with van der Waals surface area (Å²) in [5, 5.41) is 2.88. The third-order valence-corrected chi connectivity index (χ3v) is 3.98. The molecule has 22 heavy (non-hydrogen) atoms. The van der Waals surface area contributed by atoms with Gasteiger partial charge in [0.2, 0.25) is 11.8 Å². The standard InChI is InChI=1S/C16H22N2O4/c1-18-13(5-7-15(18)19)16(20)17-9-8-11-10-12(21-2)4-6-14(11)22-3/h4,6,10,13H,5,7-9H2,1-3H3,(H,17,20). The fraction of sp³-hybridized carbons (Fsp3) is 0.500. The molecule has 1 heterocycles. The minimum atomic E-state index is -0.347. The van der Waals surface area contributed by atoms with Crippen LogP contribution in [-0.2, 0) is 16.0 Å². The maximum Gasteiger partial charge on any atom is 0.242 e. The smallest absolute Gasteiger partial charge is 0.242 e. The average Bonchev–Trinajstić information content (AvgIpc) is 2.86. The second-order valence-corrected chi connectivity index (χ2v) is 5.28. The van der Waals surface area contributed by atoms with Gasteiger partial charge in [-0.15, -0.1) is 0 Å². The Bertz CT molecular complexity index is 559. The molecule has 0 aromatic heterocycles. The van der Waals surface area contributed by atoms with Crippen molar-refractivity contribution in [2.75, 3.05) is 27.8 Å². The van der Waals surface area contributed by atoms with Crippen LogP contribution >= 0.6 is 0 Å². The summed E-state index contributed by atoms with van der Waals surface area (Å²) in [5.41, 5.74) is 0.970. The third kappa shape index (κ3) is 3.50. The molecule has 6 heteroatoms. The van der Waals surface area contributed by atoms with Crippen molar-refractivity contribution in [1.29, 1.82) is 0 Å². The van der Waals surface area contributed by atoms with Crippen LogP contribution in [0.25, 0.3) is 0 Å². The number of likely N-dealkylation sites (tertiary alicyclic amines) is 1. The summed E-state index contributed by atoms with van der Waals surface area (Å²) in [6.07, 6.45) is 1.67. The fourth-order valence-corrected chi connectivity index (χ4v) is 2.63. The fourth-order valence-electron chi connectivity index (χ4n) is 2.63. The second kappa shape index (κ2) is 7.15. The van der Waals surface area contributed by atoms with E-state index in [2.05, 4.69) is 5.32 Å². The molecule has 0 spiro atoms. The number of hydrogen-bond donors (Lipinski definition) is 1. The van der Waals surface area contributed by atoms with Gasteiger partial charge in [0.1, 0.15) is 17.5 Å². The first kappa shape index (κ1) is 16.1. The molecular formula is C16H22N2O4. The summed E-state index contributed by atoms with van der Waals surface area (Å²) in [4.78, 5) is 25.1. The van der Waals surface area contributed by atoms with Gasteiger partial charge in [0.25, 0.3) is 0 Å². The van der Waals surface area contributed by atoms with Crippen LogP contribution in [0.1, 0.15) is 18.4 Å². The van der Waals surface area contributed by atoms with E-state index >= 15 is 0 Å². The summed E-state index contributed by atoms with van der Waals surface area (Å²) >= 11 is 0. The quantitative estimate of drug-likeness (QED) is 0.851. The zero-order valence-electron chi connectivity index (χ0n) is 13.2. The van der Waals surface area contributed by atoms with Gasteiger partial charge in [-0.05, 0) is 36.6 Å². The number of hydrogen-bond acceptors (Lipinski definition) is 4. The normalized spacial score (nSPS) is 17.5. The molecule has 2 rings (SSSR count). The highest BCUT2D eigenvalue weighted by Gasteiger charge is 2.32. The minimum absolute atomic E-state index is 0.0228. The van der Waals surface area contributed by atoms with Crippen molar-refractivity contribution in [2.24, 2.45) is 0 Å². The molecule has 0 saturated carbocycles. The number of rotatable bonds is 6. The number of ether oxygens (including phenoxy) is 2. The average molecular weight is 306 g/mol. The van der Waals surface area contributed by atoms with Crippen molar-refractivity contribution < 1.29 is 19.1 Å². The molecule has 1 unspecified atom stereocenters. The Kier molecular flexibility index (Phi) is 5.25. The zero-order valence-corrected chi connectivity index (χ0v) is 13.2. The molecule has 1 N–H and O–H groups in total. The summed E-state index contributed by atoms with van der Waals surface area (Å²) in [5.74, 6) is 1.44. The van der Waals surface area contributed by atoms with Crippen LogP contribution in [0.2, 0.25) is 0 Å². The summed E-state index contributed by atoms with van der Waals surface area (Å²) in [6, 6.07) is 5.23. The van der Waals surface area contributed by atoms with E-state index in [1.54, 1.807) is 21.3 Å². The van der Waals surface area contributed by atoms with Crippen LogP contribution in [-0.4, -0.2) is 50.6 Å². The van der Waals surface area contributed by atoms with E-state index < -0.39 is 0 Å². The largest absolute Gasteiger partial charge is 0.497 e. The van der Waals surface area contributed by atoms with Gasteiger partial charge in [0, 0.05) is 20.0 Å². The molecule has 0 aliphatic carbocycles. The van der Waals surface area contributed by atoms with Crippen LogP contribution in [0.15, 0.2) is 18.2 Å². The number of likely N-dealkylation sites (N-methyl/N-ethyl adjacent to an activating group) is 1. The van der Waals surface area contributed by atoms with Crippen molar-refractivity contribution in [2.45, 2.75) is 25.3 Å². The van der Waals surface area contributed by atoms with Crippen LogP contribution < -0.4 is 14.8 Å². The predicted molar refractivity (Wildman–Crippen MR) is 82.1 cm³/mol. The molecule has 1 saturated heterocycles. The second-order valence-electron chi connectivity index (χ2n) is 5.28. The van der Waals surface area contributed by atoms with Crippen LogP contribution in [0.5, 0.6) is 11.5 Å². The van der Waals surface area contributed by atoms with Gasteiger partial charge in [-0.2, -0.15) is 0 Å².